The lowest BCUT2D eigenvalue weighted by Crippen LogP contribution is -2.44. The van der Waals surface area contributed by atoms with Crippen LogP contribution in [-0.4, -0.2) is 45.7 Å². The maximum absolute atomic E-state index is 12.4. The molecule has 0 aliphatic carbocycles. The number of piperidine rings is 1. The predicted molar refractivity (Wildman–Crippen MR) is 125 cm³/mol. The number of amides is 1. The number of hydrogen-bond donors (Lipinski definition) is 2. The highest BCUT2D eigenvalue weighted by Crippen LogP contribution is 2.23. The maximum atomic E-state index is 12.4. The molecule has 2 N–H and O–H groups in total. The molecule has 0 unspecified atom stereocenters. The molecular formula is C23H25BrN4OS. The fourth-order valence-electron chi connectivity index (χ4n) is 3.63. The molecule has 1 fully saturated rings. The Morgan fingerprint density at radius 3 is 2.60 bits per heavy atom. The summed E-state index contributed by atoms with van der Waals surface area (Å²) >= 11 is 4.89. The average molecular weight is 485 g/mol. The van der Waals surface area contributed by atoms with Gasteiger partial charge in [-0.1, -0.05) is 70.2 Å². The van der Waals surface area contributed by atoms with Crippen molar-refractivity contribution in [3.63, 3.8) is 0 Å². The summed E-state index contributed by atoms with van der Waals surface area (Å²) in [4.78, 5) is 22.5. The molecule has 1 aliphatic rings. The number of halogens is 1. The number of thioether (sulfide) groups is 1. The third-order valence-electron chi connectivity index (χ3n) is 5.25. The monoisotopic (exact) mass is 484 g/mol. The van der Waals surface area contributed by atoms with Gasteiger partial charge in [-0.05, 0) is 36.1 Å². The van der Waals surface area contributed by atoms with Crippen LogP contribution in [0.3, 0.4) is 0 Å². The molecule has 1 aromatic heterocycles. The summed E-state index contributed by atoms with van der Waals surface area (Å²) in [6.45, 7) is 3.01. The lowest BCUT2D eigenvalue weighted by molar-refractivity contribution is -0.119. The number of nitrogens with one attached hydrogen (secondary N) is 2. The van der Waals surface area contributed by atoms with E-state index in [4.69, 9.17) is 0 Å². The molecule has 0 atom stereocenters. The Morgan fingerprint density at radius 1 is 1.13 bits per heavy atom. The largest absolute Gasteiger partial charge is 0.353 e. The summed E-state index contributed by atoms with van der Waals surface area (Å²) in [6.07, 6.45) is 3.81. The first kappa shape index (κ1) is 21.2. The van der Waals surface area contributed by atoms with Gasteiger partial charge in [0.25, 0.3) is 0 Å². The number of imidazole rings is 1. The topological polar surface area (TPSA) is 61.0 Å². The zero-order valence-corrected chi connectivity index (χ0v) is 19.1. The molecule has 2 aromatic carbocycles. The minimum atomic E-state index is 0.0723. The van der Waals surface area contributed by atoms with E-state index in [1.165, 1.54) is 17.3 Å². The number of rotatable bonds is 7. The van der Waals surface area contributed by atoms with Gasteiger partial charge in [-0.2, -0.15) is 0 Å². The van der Waals surface area contributed by atoms with E-state index in [9.17, 15) is 4.79 Å². The number of nitrogens with zero attached hydrogens (tertiary/aromatic N) is 2. The van der Waals surface area contributed by atoms with Crippen molar-refractivity contribution in [1.29, 1.82) is 0 Å². The van der Waals surface area contributed by atoms with E-state index in [0.717, 1.165) is 53.4 Å². The normalized spacial score (nSPS) is 15.2. The summed E-state index contributed by atoms with van der Waals surface area (Å²) in [5, 5.41) is 3.95. The van der Waals surface area contributed by atoms with E-state index < -0.39 is 0 Å². The number of aromatic amines is 1. The van der Waals surface area contributed by atoms with Crippen LogP contribution >= 0.6 is 27.7 Å². The van der Waals surface area contributed by atoms with Crippen molar-refractivity contribution in [3.05, 3.63) is 70.8 Å². The van der Waals surface area contributed by atoms with Crippen LogP contribution in [0.1, 0.15) is 18.4 Å². The second-order valence-corrected chi connectivity index (χ2v) is 9.38. The predicted octanol–water partition coefficient (Wildman–Crippen LogP) is 4.71. The van der Waals surface area contributed by atoms with Crippen LogP contribution in [0.2, 0.25) is 0 Å². The Morgan fingerprint density at radius 2 is 1.87 bits per heavy atom. The van der Waals surface area contributed by atoms with Crippen molar-refractivity contribution in [3.8, 4) is 11.3 Å². The molecule has 0 spiro atoms. The minimum Gasteiger partial charge on any atom is -0.353 e. The molecule has 1 aliphatic heterocycles. The van der Waals surface area contributed by atoms with Gasteiger partial charge in [-0.15, -0.1) is 0 Å². The summed E-state index contributed by atoms with van der Waals surface area (Å²) < 4.78 is 1.04. The van der Waals surface area contributed by atoms with Crippen molar-refractivity contribution in [2.45, 2.75) is 30.6 Å². The van der Waals surface area contributed by atoms with Gasteiger partial charge in [-0.25, -0.2) is 4.98 Å². The molecular weight excluding hydrogens is 460 g/mol. The number of aromatic nitrogens is 2. The third-order valence-corrected chi connectivity index (χ3v) is 6.67. The fourth-order valence-corrected chi connectivity index (χ4v) is 4.56. The Hall–Kier alpha value is -2.09. The smallest absolute Gasteiger partial charge is 0.230 e. The first-order valence-corrected chi connectivity index (χ1v) is 11.9. The van der Waals surface area contributed by atoms with Crippen LogP contribution in [0.15, 0.2) is 70.4 Å². The lowest BCUT2D eigenvalue weighted by atomic mass is 10.0. The Kier molecular flexibility index (Phi) is 7.25. The highest BCUT2D eigenvalue weighted by atomic mass is 79.9. The standard InChI is InChI=1S/C23H25BrN4OS/c24-19-8-6-18(7-9-19)21-14-25-23(27-21)30-16-22(29)26-20-10-12-28(13-11-20)15-17-4-2-1-3-5-17/h1-9,14,20H,10-13,15-16H2,(H,25,27)(H,26,29). The van der Waals surface area contributed by atoms with Crippen LogP contribution < -0.4 is 5.32 Å². The van der Waals surface area contributed by atoms with Gasteiger partial charge in [0.2, 0.25) is 5.91 Å². The molecule has 30 heavy (non-hydrogen) atoms. The van der Waals surface area contributed by atoms with Crippen molar-refractivity contribution < 1.29 is 4.79 Å². The summed E-state index contributed by atoms with van der Waals surface area (Å²) in [5.74, 6) is 0.445. The Bertz CT molecular complexity index is 953. The van der Waals surface area contributed by atoms with Crippen molar-refractivity contribution >= 4 is 33.6 Å². The van der Waals surface area contributed by atoms with Crippen LogP contribution in [0, 0.1) is 0 Å². The van der Waals surface area contributed by atoms with E-state index in [1.807, 2.05) is 36.5 Å². The number of carbonyl (C=O) groups is 1. The van der Waals surface area contributed by atoms with E-state index in [0.29, 0.717) is 5.75 Å². The molecule has 156 valence electrons. The van der Waals surface area contributed by atoms with Crippen LogP contribution in [0.4, 0.5) is 0 Å². The van der Waals surface area contributed by atoms with Gasteiger partial charge in [0.1, 0.15) is 0 Å². The number of hydrogen-bond acceptors (Lipinski definition) is 4. The van der Waals surface area contributed by atoms with Gasteiger partial charge in [0.05, 0.1) is 17.6 Å². The van der Waals surface area contributed by atoms with Crippen LogP contribution in [-0.2, 0) is 11.3 Å². The molecule has 5 nitrogen and oxygen atoms in total. The highest BCUT2D eigenvalue weighted by Gasteiger charge is 2.20. The Labute approximate surface area is 189 Å². The molecule has 7 heteroatoms. The zero-order chi connectivity index (χ0) is 20.8. The summed E-state index contributed by atoms with van der Waals surface area (Å²) in [5.41, 5.74) is 3.37. The molecule has 4 rings (SSSR count). The zero-order valence-electron chi connectivity index (χ0n) is 16.7. The summed E-state index contributed by atoms with van der Waals surface area (Å²) in [6, 6.07) is 18.9. The fraction of sp³-hybridized carbons (Fsp3) is 0.304. The number of H-pyrrole nitrogens is 1. The van der Waals surface area contributed by atoms with Crippen molar-refractivity contribution in [1.82, 2.24) is 20.2 Å². The van der Waals surface area contributed by atoms with Crippen LogP contribution in [0.25, 0.3) is 11.3 Å². The quantitative estimate of drug-likeness (QED) is 0.476. The van der Waals surface area contributed by atoms with Crippen molar-refractivity contribution in [2.75, 3.05) is 18.8 Å². The van der Waals surface area contributed by atoms with Gasteiger partial charge < -0.3 is 10.3 Å². The van der Waals surface area contributed by atoms with Gasteiger partial charge >= 0.3 is 0 Å². The van der Waals surface area contributed by atoms with Gasteiger partial charge in [0, 0.05) is 30.1 Å². The minimum absolute atomic E-state index is 0.0723. The van der Waals surface area contributed by atoms with Gasteiger partial charge in [0.15, 0.2) is 5.16 Å². The highest BCUT2D eigenvalue weighted by molar-refractivity contribution is 9.10. The van der Waals surface area contributed by atoms with E-state index in [-0.39, 0.29) is 11.9 Å². The molecule has 1 amide bonds. The molecule has 0 radical (unpaired) electrons. The SMILES string of the molecule is O=C(CSc1ncc(-c2ccc(Br)cc2)[nH]1)NC1CCN(Cc2ccccc2)CC1. The lowest BCUT2D eigenvalue weighted by Gasteiger charge is -2.32. The van der Waals surface area contributed by atoms with Crippen molar-refractivity contribution in [2.24, 2.45) is 0 Å². The van der Waals surface area contributed by atoms with E-state index in [1.54, 1.807) is 0 Å². The molecule has 0 saturated carbocycles. The first-order valence-electron chi connectivity index (χ1n) is 10.1. The summed E-state index contributed by atoms with van der Waals surface area (Å²) in [7, 11) is 0. The molecule has 0 bridgehead atoms. The van der Waals surface area contributed by atoms with E-state index >= 15 is 0 Å². The average Bonchev–Trinajstić information content (AvgIpc) is 3.24. The second kappa shape index (κ2) is 10.3. The molecule has 3 aromatic rings. The van der Waals surface area contributed by atoms with Crippen LogP contribution in [0.5, 0.6) is 0 Å². The Balaban J connectivity index is 1.19. The number of likely N-dealkylation sites (tertiary alicyclic amines) is 1. The number of carbonyl (C=O) groups excluding carboxylic acids is 1. The van der Waals surface area contributed by atoms with Gasteiger partial charge in [-0.3, -0.25) is 9.69 Å². The maximum Gasteiger partial charge on any atom is 0.230 e. The molecule has 2 heterocycles. The second-order valence-electron chi connectivity index (χ2n) is 7.50. The third kappa shape index (κ3) is 5.97. The first-order chi connectivity index (χ1) is 14.7. The van der Waals surface area contributed by atoms with E-state index in [2.05, 4.69) is 60.4 Å². The molecule has 1 saturated heterocycles. The number of benzene rings is 2.